The quantitative estimate of drug-likeness (QED) is 0.859. The number of anilines is 1. The zero-order chi connectivity index (χ0) is 12.8. The van der Waals surface area contributed by atoms with Crippen molar-refractivity contribution in [2.24, 2.45) is 0 Å². The van der Waals surface area contributed by atoms with Crippen molar-refractivity contribution in [1.82, 2.24) is 4.98 Å². The van der Waals surface area contributed by atoms with E-state index in [0.717, 1.165) is 24.2 Å². The zero-order valence-corrected chi connectivity index (χ0v) is 9.80. The molecule has 4 nitrogen and oxygen atoms in total. The van der Waals surface area contributed by atoms with Crippen LogP contribution in [-0.4, -0.2) is 16.6 Å². The Bertz CT molecular complexity index is 541. The average molecular weight is 239 g/mol. The van der Waals surface area contributed by atoms with Crippen LogP contribution < -0.4 is 5.32 Å². The highest BCUT2D eigenvalue weighted by atomic mass is 16.3. The molecular weight excluding hydrogens is 226 g/mol. The predicted molar refractivity (Wildman–Crippen MR) is 69.3 cm³/mol. The van der Waals surface area contributed by atoms with E-state index in [0.29, 0.717) is 5.69 Å². The van der Waals surface area contributed by atoms with Crippen LogP contribution in [0.25, 0.3) is 0 Å². The first-order valence-corrected chi connectivity index (χ1v) is 5.66. The van der Waals surface area contributed by atoms with Crippen LogP contribution >= 0.6 is 0 Å². The fraction of sp³-hybridized carbons (Fsp3) is 0.143. The number of phenols is 1. The summed E-state index contributed by atoms with van der Waals surface area (Å²) >= 11 is 0. The lowest BCUT2D eigenvalue weighted by Gasteiger charge is -2.06. The molecular formula is C14H13N3O. The first kappa shape index (κ1) is 11.9. The Morgan fingerprint density at radius 2 is 1.94 bits per heavy atom. The second kappa shape index (κ2) is 5.69. The molecule has 0 aliphatic heterocycles. The van der Waals surface area contributed by atoms with Gasteiger partial charge in [-0.05, 0) is 36.2 Å². The van der Waals surface area contributed by atoms with Gasteiger partial charge in [0.25, 0.3) is 0 Å². The largest absolute Gasteiger partial charge is 0.508 e. The van der Waals surface area contributed by atoms with Crippen LogP contribution in [0.1, 0.15) is 11.3 Å². The van der Waals surface area contributed by atoms with Gasteiger partial charge in [0.2, 0.25) is 0 Å². The van der Waals surface area contributed by atoms with Crippen LogP contribution in [0.15, 0.2) is 42.6 Å². The third kappa shape index (κ3) is 3.22. The van der Waals surface area contributed by atoms with E-state index in [1.165, 1.54) is 0 Å². The highest BCUT2D eigenvalue weighted by Gasteiger charge is 1.96. The molecule has 1 aromatic heterocycles. The number of hydrogen-bond acceptors (Lipinski definition) is 4. The lowest BCUT2D eigenvalue weighted by atomic mass is 10.1. The van der Waals surface area contributed by atoms with Crippen molar-refractivity contribution in [1.29, 1.82) is 5.26 Å². The molecule has 0 fully saturated rings. The highest BCUT2D eigenvalue weighted by Crippen LogP contribution is 2.11. The van der Waals surface area contributed by atoms with E-state index in [2.05, 4.69) is 10.3 Å². The Labute approximate surface area is 106 Å². The van der Waals surface area contributed by atoms with Crippen LogP contribution in [0.5, 0.6) is 5.75 Å². The second-order valence-corrected chi connectivity index (χ2v) is 3.89. The van der Waals surface area contributed by atoms with Crippen molar-refractivity contribution in [3.05, 3.63) is 53.9 Å². The summed E-state index contributed by atoms with van der Waals surface area (Å²) in [6, 6.07) is 12.7. The van der Waals surface area contributed by atoms with Crippen LogP contribution in [0.3, 0.4) is 0 Å². The minimum atomic E-state index is 0.281. The number of rotatable bonds is 4. The molecule has 1 aromatic carbocycles. The molecule has 0 aliphatic rings. The van der Waals surface area contributed by atoms with Crippen LogP contribution in [0, 0.1) is 11.3 Å². The molecule has 0 spiro atoms. The van der Waals surface area contributed by atoms with Crippen molar-refractivity contribution in [2.75, 3.05) is 11.9 Å². The Morgan fingerprint density at radius 3 is 2.56 bits per heavy atom. The Kier molecular flexibility index (Phi) is 3.77. The maximum atomic E-state index is 9.16. The van der Waals surface area contributed by atoms with Gasteiger partial charge in [0.15, 0.2) is 0 Å². The average Bonchev–Trinajstić information content (AvgIpc) is 2.42. The van der Waals surface area contributed by atoms with Crippen LogP contribution in [-0.2, 0) is 6.42 Å². The third-order valence-corrected chi connectivity index (χ3v) is 2.56. The van der Waals surface area contributed by atoms with Crippen molar-refractivity contribution in [3.63, 3.8) is 0 Å². The molecule has 0 bridgehead atoms. The van der Waals surface area contributed by atoms with Gasteiger partial charge < -0.3 is 10.4 Å². The first-order valence-electron chi connectivity index (χ1n) is 5.66. The van der Waals surface area contributed by atoms with Gasteiger partial charge in [0.1, 0.15) is 17.5 Å². The maximum Gasteiger partial charge on any atom is 0.140 e. The molecule has 0 aliphatic carbocycles. The molecule has 0 radical (unpaired) electrons. The summed E-state index contributed by atoms with van der Waals surface area (Å²) in [5.41, 5.74) is 2.47. The van der Waals surface area contributed by atoms with Gasteiger partial charge in [-0.1, -0.05) is 12.1 Å². The van der Waals surface area contributed by atoms with Crippen LogP contribution in [0.2, 0.25) is 0 Å². The summed E-state index contributed by atoms with van der Waals surface area (Å²) in [5.74, 6) is 0.281. The summed E-state index contributed by atoms with van der Waals surface area (Å²) in [7, 11) is 0. The normalized spacial score (nSPS) is 9.72. The van der Waals surface area contributed by atoms with E-state index in [4.69, 9.17) is 10.4 Å². The Morgan fingerprint density at radius 1 is 1.17 bits per heavy atom. The smallest absolute Gasteiger partial charge is 0.140 e. The van der Waals surface area contributed by atoms with Gasteiger partial charge in [0.05, 0.1) is 11.9 Å². The number of hydrogen-bond donors (Lipinski definition) is 2. The standard InChI is InChI=1S/C14H13N3O/c15-9-12-3-4-13(10-17-12)16-8-7-11-1-5-14(18)6-2-11/h1-6,10,16,18H,7-8H2. The molecule has 90 valence electrons. The fourth-order valence-electron chi connectivity index (χ4n) is 1.58. The molecule has 2 N–H and O–H groups in total. The monoisotopic (exact) mass is 239 g/mol. The molecule has 0 amide bonds. The van der Waals surface area contributed by atoms with Gasteiger partial charge >= 0.3 is 0 Å². The van der Waals surface area contributed by atoms with E-state index in [1.54, 1.807) is 24.4 Å². The first-order chi connectivity index (χ1) is 8.78. The number of aromatic hydroxyl groups is 1. The molecule has 18 heavy (non-hydrogen) atoms. The highest BCUT2D eigenvalue weighted by molar-refractivity contribution is 5.42. The number of nitrogens with one attached hydrogen (secondary N) is 1. The van der Waals surface area contributed by atoms with Crippen molar-refractivity contribution >= 4 is 5.69 Å². The van der Waals surface area contributed by atoms with E-state index in [1.807, 2.05) is 24.3 Å². The van der Waals surface area contributed by atoms with E-state index in [-0.39, 0.29) is 5.75 Å². The Balaban J connectivity index is 1.84. The topological polar surface area (TPSA) is 68.9 Å². The molecule has 2 aromatic rings. The van der Waals surface area contributed by atoms with E-state index >= 15 is 0 Å². The molecule has 2 rings (SSSR count). The van der Waals surface area contributed by atoms with Crippen LogP contribution in [0.4, 0.5) is 5.69 Å². The number of aromatic nitrogens is 1. The van der Waals surface area contributed by atoms with Gasteiger partial charge in [0, 0.05) is 6.54 Å². The van der Waals surface area contributed by atoms with E-state index < -0.39 is 0 Å². The molecule has 1 heterocycles. The third-order valence-electron chi connectivity index (χ3n) is 2.56. The minimum Gasteiger partial charge on any atom is -0.508 e. The Hall–Kier alpha value is -2.54. The molecule has 0 saturated carbocycles. The lowest BCUT2D eigenvalue weighted by Crippen LogP contribution is -2.05. The molecule has 4 heteroatoms. The lowest BCUT2D eigenvalue weighted by molar-refractivity contribution is 0.475. The molecule has 0 saturated heterocycles. The minimum absolute atomic E-state index is 0.281. The van der Waals surface area contributed by atoms with Gasteiger partial charge in [-0.2, -0.15) is 5.26 Å². The van der Waals surface area contributed by atoms with Crippen molar-refractivity contribution in [3.8, 4) is 11.8 Å². The number of phenolic OH excluding ortho intramolecular Hbond substituents is 1. The number of pyridine rings is 1. The number of nitrogens with zero attached hydrogens (tertiary/aromatic N) is 2. The predicted octanol–water partition coefficient (Wildman–Crippen LogP) is 2.31. The van der Waals surface area contributed by atoms with Crippen molar-refractivity contribution in [2.45, 2.75) is 6.42 Å². The van der Waals surface area contributed by atoms with Gasteiger partial charge in [-0.15, -0.1) is 0 Å². The summed E-state index contributed by atoms with van der Waals surface area (Å²) < 4.78 is 0. The fourth-order valence-corrected chi connectivity index (χ4v) is 1.58. The molecule has 0 unspecified atom stereocenters. The summed E-state index contributed by atoms with van der Waals surface area (Å²) in [5, 5.41) is 21.0. The number of nitriles is 1. The summed E-state index contributed by atoms with van der Waals surface area (Å²) in [6.45, 7) is 0.776. The summed E-state index contributed by atoms with van der Waals surface area (Å²) in [4.78, 5) is 3.98. The van der Waals surface area contributed by atoms with Gasteiger partial charge in [-0.3, -0.25) is 0 Å². The second-order valence-electron chi connectivity index (χ2n) is 3.89. The van der Waals surface area contributed by atoms with Crippen molar-refractivity contribution < 1.29 is 5.11 Å². The maximum absolute atomic E-state index is 9.16. The van der Waals surface area contributed by atoms with Gasteiger partial charge in [-0.25, -0.2) is 4.98 Å². The number of benzene rings is 1. The SMILES string of the molecule is N#Cc1ccc(NCCc2ccc(O)cc2)cn1. The summed E-state index contributed by atoms with van der Waals surface area (Å²) in [6.07, 6.45) is 2.51. The zero-order valence-electron chi connectivity index (χ0n) is 9.80. The van der Waals surface area contributed by atoms with E-state index in [9.17, 15) is 0 Å². The molecule has 0 atom stereocenters.